The molecular formula is C35H46N4O9. The Morgan fingerprint density at radius 3 is 2.17 bits per heavy atom. The number of carbonyl (C=O) groups excluding carboxylic acids is 5. The first-order chi connectivity index (χ1) is 22.9. The van der Waals surface area contributed by atoms with E-state index in [0.717, 1.165) is 11.1 Å². The summed E-state index contributed by atoms with van der Waals surface area (Å²) in [6, 6.07) is 14.5. The summed E-state index contributed by atoms with van der Waals surface area (Å²) in [6.07, 6.45) is -2.09. The van der Waals surface area contributed by atoms with Crippen molar-refractivity contribution in [2.75, 3.05) is 32.8 Å². The topological polar surface area (TPSA) is 164 Å². The number of nitrogens with one attached hydrogen (secondary N) is 2. The second kappa shape index (κ2) is 17.1. The van der Waals surface area contributed by atoms with Gasteiger partial charge in [0.15, 0.2) is 6.10 Å². The van der Waals surface area contributed by atoms with Gasteiger partial charge in [0.2, 0.25) is 11.8 Å². The van der Waals surface area contributed by atoms with Crippen LogP contribution in [0.15, 0.2) is 60.7 Å². The van der Waals surface area contributed by atoms with E-state index < -0.39 is 53.7 Å². The van der Waals surface area contributed by atoms with Crippen molar-refractivity contribution in [3.05, 3.63) is 71.8 Å². The van der Waals surface area contributed by atoms with Gasteiger partial charge >= 0.3 is 12.1 Å². The van der Waals surface area contributed by atoms with Crippen LogP contribution in [0.1, 0.15) is 51.2 Å². The Balaban J connectivity index is 1.52. The van der Waals surface area contributed by atoms with Crippen molar-refractivity contribution >= 4 is 29.8 Å². The number of ether oxygens (including phenoxy) is 3. The first kappa shape index (κ1) is 36.3. The normalized spacial score (nSPS) is 18.3. The number of likely N-dealkylation sites (tertiary alicyclic amines) is 1. The smallest absolute Gasteiger partial charge is 0.408 e. The van der Waals surface area contributed by atoms with Crippen LogP contribution in [0.5, 0.6) is 0 Å². The Bertz CT molecular complexity index is 1390. The Hall–Kier alpha value is -4.49. The molecule has 2 fully saturated rings. The fourth-order valence-corrected chi connectivity index (χ4v) is 5.61. The fourth-order valence-electron chi connectivity index (χ4n) is 5.61. The molecule has 13 heteroatoms. The maximum atomic E-state index is 13.9. The minimum Gasteiger partial charge on any atom is -0.458 e. The van der Waals surface area contributed by atoms with Gasteiger partial charge in [-0.05, 0) is 51.2 Å². The van der Waals surface area contributed by atoms with Crippen LogP contribution in [0.4, 0.5) is 4.79 Å². The van der Waals surface area contributed by atoms with Gasteiger partial charge in [-0.25, -0.2) is 9.59 Å². The highest BCUT2D eigenvalue weighted by molar-refractivity contribution is 5.92. The van der Waals surface area contributed by atoms with Crippen molar-refractivity contribution in [2.45, 2.75) is 82.9 Å². The van der Waals surface area contributed by atoms with E-state index in [0.29, 0.717) is 39.1 Å². The molecule has 0 radical (unpaired) electrons. The summed E-state index contributed by atoms with van der Waals surface area (Å²) in [4.78, 5) is 69.5. The number of esters is 1. The third-order valence-electron chi connectivity index (χ3n) is 8.04. The van der Waals surface area contributed by atoms with E-state index in [1.807, 2.05) is 12.1 Å². The zero-order valence-electron chi connectivity index (χ0n) is 27.8. The van der Waals surface area contributed by atoms with Gasteiger partial charge in [0.05, 0.1) is 25.7 Å². The molecule has 0 aromatic heterocycles. The average Bonchev–Trinajstić information content (AvgIpc) is 3.57. The number of morpholine rings is 1. The maximum absolute atomic E-state index is 13.9. The lowest BCUT2D eigenvalue weighted by atomic mass is 9.99. The standard InChI is InChI=1S/C35H46N4O9/c1-35(2,3)48-33(44)28-15-10-16-39(28)32(43)30(41)26(21-24-11-6-4-7-12-24)36-31(42)27(22-29(40)38-17-19-46-20-18-38)37-34(45)47-23-25-13-8-5-9-14-25/h4-9,11-14,26-28,30,41H,10,15-23H2,1-3H3,(H,36,42)(H,37,45)/t26?,27-,28-,30?/m0/s1. The molecule has 4 atom stereocenters. The molecule has 48 heavy (non-hydrogen) atoms. The third-order valence-corrected chi connectivity index (χ3v) is 8.04. The second-order valence-electron chi connectivity index (χ2n) is 12.9. The number of aliphatic hydroxyl groups excluding tert-OH is 1. The highest BCUT2D eigenvalue weighted by Gasteiger charge is 2.42. The Labute approximate surface area is 280 Å². The van der Waals surface area contributed by atoms with Crippen LogP contribution in [0.3, 0.4) is 0 Å². The van der Waals surface area contributed by atoms with Gasteiger partial charge in [0.25, 0.3) is 5.91 Å². The zero-order valence-corrected chi connectivity index (χ0v) is 27.8. The summed E-state index contributed by atoms with van der Waals surface area (Å²) in [5.74, 6) is -2.47. The lowest BCUT2D eigenvalue weighted by Gasteiger charge is -2.32. The SMILES string of the molecule is CC(C)(C)OC(=O)[C@@H]1CCCN1C(=O)C(O)C(Cc1ccccc1)NC(=O)[C@H](CC(=O)N1CCOCC1)NC(=O)OCc1ccccc1. The van der Waals surface area contributed by atoms with Gasteiger partial charge in [0.1, 0.15) is 24.3 Å². The van der Waals surface area contributed by atoms with Gasteiger partial charge < -0.3 is 39.8 Å². The first-order valence-electron chi connectivity index (χ1n) is 16.3. The Morgan fingerprint density at radius 2 is 1.54 bits per heavy atom. The number of nitrogens with zero attached hydrogens (tertiary/aromatic N) is 2. The van der Waals surface area contributed by atoms with Gasteiger partial charge in [0, 0.05) is 19.6 Å². The third kappa shape index (κ3) is 10.8. The summed E-state index contributed by atoms with van der Waals surface area (Å²) in [5.41, 5.74) is 0.685. The van der Waals surface area contributed by atoms with Crippen molar-refractivity contribution in [1.29, 1.82) is 0 Å². The van der Waals surface area contributed by atoms with Crippen molar-refractivity contribution in [3.63, 3.8) is 0 Å². The number of hydrogen-bond acceptors (Lipinski definition) is 9. The molecule has 0 saturated carbocycles. The van der Waals surface area contributed by atoms with Crippen molar-refractivity contribution in [2.24, 2.45) is 0 Å². The van der Waals surface area contributed by atoms with E-state index in [1.54, 1.807) is 74.2 Å². The number of benzene rings is 2. The molecule has 13 nitrogen and oxygen atoms in total. The van der Waals surface area contributed by atoms with E-state index in [1.165, 1.54) is 4.90 Å². The summed E-state index contributed by atoms with van der Waals surface area (Å²) in [7, 11) is 0. The number of carbonyl (C=O) groups is 5. The first-order valence-corrected chi connectivity index (χ1v) is 16.3. The molecule has 260 valence electrons. The van der Waals surface area contributed by atoms with E-state index in [2.05, 4.69) is 10.6 Å². The minimum atomic E-state index is -1.75. The summed E-state index contributed by atoms with van der Waals surface area (Å²) in [5, 5.41) is 16.7. The van der Waals surface area contributed by atoms with Crippen molar-refractivity contribution in [1.82, 2.24) is 20.4 Å². The van der Waals surface area contributed by atoms with E-state index >= 15 is 0 Å². The number of aliphatic hydroxyl groups is 1. The molecule has 4 rings (SSSR count). The predicted octanol–water partition coefficient (Wildman–Crippen LogP) is 1.95. The van der Waals surface area contributed by atoms with Crippen LogP contribution in [-0.2, 0) is 46.4 Å². The quantitative estimate of drug-likeness (QED) is 0.288. The summed E-state index contributed by atoms with van der Waals surface area (Å²) >= 11 is 0. The Morgan fingerprint density at radius 1 is 0.917 bits per heavy atom. The fraction of sp³-hybridized carbons (Fsp3) is 0.514. The van der Waals surface area contributed by atoms with Crippen LogP contribution in [0.2, 0.25) is 0 Å². The van der Waals surface area contributed by atoms with Crippen LogP contribution in [0, 0.1) is 0 Å². The molecule has 0 spiro atoms. The van der Waals surface area contributed by atoms with E-state index in [-0.39, 0.29) is 31.9 Å². The van der Waals surface area contributed by atoms with Crippen molar-refractivity contribution < 1.29 is 43.3 Å². The lowest BCUT2D eigenvalue weighted by Crippen LogP contribution is -2.58. The number of alkyl carbamates (subject to hydrolysis) is 1. The van der Waals surface area contributed by atoms with Crippen LogP contribution >= 0.6 is 0 Å². The molecule has 3 N–H and O–H groups in total. The number of hydrogen-bond donors (Lipinski definition) is 3. The van der Waals surface area contributed by atoms with Crippen LogP contribution in [-0.4, -0.2) is 107 Å². The molecule has 4 amide bonds. The minimum absolute atomic E-state index is 0.0486. The number of rotatable bonds is 12. The van der Waals surface area contributed by atoms with Gasteiger partial charge in [-0.2, -0.15) is 0 Å². The highest BCUT2D eigenvalue weighted by atomic mass is 16.6. The van der Waals surface area contributed by atoms with Crippen LogP contribution < -0.4 is 10.6 Å². The predicted molar refractivity (Wildman–Crippen MR) is 174 cm³/mol. The molecule has 2 aromatic rings. The average molecular weight is 667 g/mol. The lowest BCUT2D eigenvalue weighted by molar-refractivity contribution is -0.165. The molecule has 2 aliphatic heterocycles. The van der Waals surface area contributed by atoms with E-state index in [9.17, 15) is 29.1 Å². The highest BCUT2D eigenvalue weighted by Crippen LogP contribution is 2.23. The molecular weight excluding hydrogens is 620 g/mol. The second-order valence-corrected chi connectivity index (χ2v) is 12.9. The number of amides is 4. The summed E-state index contributed by atoms with van der Waals surface area (Å²) < 4.78 is 16.2. The van der Waals surface area contributed by atoms with Gasteiger partial charge in [-0.1, -0.05) is 60.7 Å². The molecule has 0 aliphatic carbocycles. The van der Waals surface area contributed by atoms with Gasteiger partial charge in [-0.15, -0.1) is 0 Å². The Kier molecular flexibility index (Phi) is 12.9. The monoisotopic (exact) mass is 666 g/mol. The molecule has 2 aromatic carbocycles. The molecule has 2 heterocycles. The molecule has 2 saturated heterocycles. The van der Waals surface area contributed by atoms with E-state index in [4.69, 9.17) is 14.2 Å². The summed E-state index contributed by atoms with van der Waals surface area (Å²) in [6.45, 7) is 6.75. The maximum Gasteiger partial charge on any atom is 0.408 e. The molecule has 2 unspecified atom stereocenters. The largest absolute Gasteiger partial charge is 0.458 e. The van der Waals surface area contributed by atoms with Crippen LogP contribution in [0.25, 0.3) is 0 Å². The molecule has 2 aliphatic rings. The molecule has 0 bridgehead atoms. The van der Waals surface area contributed by atoms with Gasteiger partial charge in [-0.3, -0.25) is 14.4 Å². The van der Waals surface area contributed by atoms with Crippen molar-refractivity contribution in [3.8, 4) is 0 Å². The zero-order chi connectivity index (χ0) is 34.7.